The van der Waals surface area contributed by atoms with Crippen molar-refractivity contribution in [2.24, 2.45) is 11.5 Å². The van der Waals surface area contributed by atoms with Gasteiger partial charge in [0.2, 0.25) is 0 Å². The number of hydrogen-bond donors (Lipinski definition) is 2. The average molecular weight is 356 g/mol. The molecule has 1 fully saturated rings. The third-order valence-corrected chi connectivity index (χ3v) is 5.94. The normalized spacial score (nSPS) is 26.1. The number of anilines is 2. The van der Waals surface area contributed by atoms with Gasteiger partial charge in [0.15, 0.2) is 0 Å². The van der Waals surface area contributed by atoms with Crippen molar-refractivity contribution in [2.75, 3.05) is 22.9 Å². The maximum absolute atomic E-state index is 6.22. The zero-order valence-electron chi connectivity index (χ0n) is 14.6. The highest BCUT2D eigenvalue weighted by Gasteiger charge is 2.29. The summed E-state index contributed by atoms with van der Waals surface area (Å²) >= 11 is 1.72. The van der Waals surface area contributed by atoms with Crippen LogP contribution in [0.4, 0.5) is 11.4 Å². The summed E-state index contributed by atoms with van der Waals surface area (Å²) in [6, 6.07) is 2.34. The van der Waals surface area contributed by atoms with Gasteiger partial charge in [-0.1, -0.05) is 6.92 Å². The molecule has 132 valence electrons. The van der Waals surface area contributed by atoms with Crippen LogP contribution >= 0.6 is 11.8 Å². The standard InChI is InChI=1S/C19H25N5S/c1-2-13-8-18-16(9-19(21)25-18)24(11-13)17-10-22-6-5-15(17)23-7-3-4-14(20)12-23/h5-6,8-11,14,19H,2-4,7,12,20-21H2,1H3/t14-,19?/m0/s1. The van der Waals surface area contributed by atoms with E-state index in [1.807, 2.05) is 12.4 Å². The van der Waals surface area contributed by atoms with E-state index in [0.717, 1.165) is 38.0 Å². The first-order chi connectivity index (χ1) is 12.2. The van der Waals surface area contributed by atoms with Gasteiger partial charge in [-0.2, -0.15) is 0 Å². The van der Waals surface area contributed by atoms with E-state index >= 15 is 0 Å². The first kappa shape index (κ1) is 16.7. The number of allylic oxidation sites excluding steroid dienone is 2. The maximum Gasteiger partial charge on any atom is 0.0876 e. The van der Waals surface area contributed by atoms with E-state index in [9.17, 15) is 0 Å². The molecule has 1 aromatic heterocycles. The first-order valence-electron chi connectivity index (χ1n) is 8.96. The molecular formula is C19H25N5S. The van der Waals surface area contributed by atoms with Crippen LogP contribution in [-0.2, 0) is 0 Å². The van der Waals surface area contributed by atoms with Gasteiger partial charge in [-0.3, -0.25) is 4.98 Å². The fourth-order valence-electron chi connectivity index (χ4n) is 3.68. The molecule has 3 aliphatic rings. The summed E-state index contributed by atoms with van der Waals surface area (Å²) in [6.07, 6.45) is 13.7. The summed E-state index contributed by atoms with van der Waals surface area (Å²) in [6.45, 7) is 4.12. The Morgan fingerprint density at radius 3 is 3.00 bits per heavy atom. The highest BCUT2D eigenvalue weighted by Crippen LogP contribution is 2.44. The molecule has 0 aromatic carbocycles. The molecule has 2 atom stereocenters. The molecular weight excluding hydrogens is 330 g/mol. The second-order valence-corrected chi connectivity index (χ2v) is 8.00. The number of nitrogens with zero attached hydrogens (tertiary/aromatic N) is 3. The lowest BCUT2D eigenvalue weighted by molar-refractivity contribution is 0.506. The van der Waals surface area contributed by atoms with Crippen LogP contribution in [0, 0.1) is 0 Å². The Morgan fingerprint density at radius 2 is 2.20 bits per heavy atom. The van der Waals surface area contributed by atoms with E-state index < -0.39 is 0 Å². The molecule has 0 radical (unpaired) electrons. The van der Waals surface area contributed by atoms with Gasteiger partial charge in [0, 0.05) is 36.4 Å². The Balaban J connectivity index is 1.75. The van der Waals surface area contributed by atoms with Crippen molar-refractivity contribution in [2.45, 2.75) is 37.6 Å². The van der Waals surface area contributed by atoms with E-state index in [-0.39, 0.29) is 11.4 Å². The Labute approximate surface area is 153 Å². The lowest BCUT2D eigenvalue weighted by Crippen LogP contribution is -2.43. The number of pyridine rings is 1. The van der Waals surface area contributed by atoms with Gasteiger partial charge in [0.05, 0.1) is 28.6 Å². The number of thioether (sulfide) groups is 1. The van der Waals surface area contributed by atoms with E-state index in [0.29, 0.717) is 0 Å². The largest absolute Gasteiger partial charge is 0.368 e. The number of nitrogens with two attached hydrogens (primary N) is 2. The first-order valence-corrected chi connectivity index (χ1v) is 9.84. The molecule has 3 aliphatic heterocycles. The molecule has 0 saturated carbocycles. The molecule has 0 aliphatic carbocycles. The van der Waals surface area contributed by atoms with Crippen molar-refractivity contribution in [1.82, 2.24) is 4.98 Å². The molecule has 0 spiro atoms. The minimum absolute atomic E-state index is 0.0110. The van der Waals surface area contributed by atoms with E-state index in [1.54, 1.807) is 11.8 Å². The van der Waals surface area contributed by atoms with Crippen LogP contribution in [0.1, 0.15) is 26.2 Å². The Kier molecular flexibility index (Phi) is 4.58. The van der Waals surface area contributed by atoms with Crippen LogP contribution in [0.5, 0.6) is 0 Å². The third kappa shape index (κ3) is 3.21. The summed E-state index contributed by atoms with van der Waals surface area (Å²) in [7, 11) is 0. The van der Waals surface area contributed by atoms with Crippen LogP contribution in [-0.4, -0.2) is 29.5 Å². The SMILES string of the molecule is CCC1=CN(c2cnccc2N2CCC[C@H](N)C2)C2=CC(N)SC2=C1. The molecule has 1 saturated heterocycles. The molecule has 1 unspecified atom stereocenters. The molecule has 4 rings (SSSR count). The summed E-state index contributed by atoms with van der Waals surface area (Å²) in [5, 5.41) is 0.0110. The van der Waals surface area contributed by atoms with E-state index in [4.69, 9.17) is 11.5 Å². The van der Waals surface area contributed by atoms with Crippen LogP contribution in [0.25, 0.3) is 0 Å². The number of hydrogen-bond acceptors (Lipinski definition) is 6. The lowest BCUT2D eigenvalue weighted by atomic mass is 10.0. The number of piperidine rings is 1. The number of aromatic nitrogens is 1. The van der Waals surface area contributed by atoms with Crippen molar-refractivity contribution in [1.29, 1.82) is 0 Å². The highest BCUT2D eigenvalue weighted by atomic mass is 32.2. The van der Waals surface area contributed by atoms with Gasteiger partial charge < -0.3 is 21.3 Å². The molecule has 4 heterocycles. The predicted octanol–water partition coefficient (Wildman–Crippen LogP) is 2.92. The van der Waals surface area contributed by atoms with Gasteiger partial charge in [0.1, 0.15) is 0 Å². The average Bonchev–Trinajstić information content (AvgIpc) is 3.01. The van der Waals surface area contributed by atoms with Crippen LogP contribution in [0.2, 0.25) is 0 Å². The molecule has 0 bridgehead atoms. The van der Waals surface area contributed by atoms with Gasteiger partial charge in [-0.25, -0.2) is 0 Å². The van der Waals surface area contributed by atoms with E-state index in [1.165, 1.54) is 21.9 Å². The van der Waals surface area contributed by atoms with Crippen LogP contribution < -0.4 is 21.3 Å². The predicted molar refractivity (Wildman–Crippen MR) is 106 cm³/mol. The summed E-state index contributed by atoms with van der Waals surface area (Å²) in [4.78, 5) is 10.3. The minimum Gasteiger partial charge on any atom is -0.368 e. The smallest absolute Gasteiger partial charge is 0.0876 e. The van der Waals surface area contributed by atoms with Crippen molar-refractivity contribution >= 4 is 23.1 Å². The second kappa shape index (κ2) is 6.86. The van der Waals surface area contributed by atoms with Crippen molar-refractivity contribution < 1.29 is 0 Å². The van der Waals surface area contributed by atoms with Gasteiger partial charge in [-0.15, -0.1) is 11.8 Å². The van der Waals surface area contributed by atoms with Gasteiger partial charge >= 0.3 is 0 Å². The fraction of sp³-hybridized carbons (Fsp3) is 0.421. The summed E-state index contributed by atoms with van der Waals surface area (Å²) in [5.41, 5.74) is 17.2. The highest BCUT2D eigenvalue weighted by molar-refractivity contribution is 8.04. The minimum atomic E-state index is 0.0110. The molecule has 25 heavy (non-hydrogen) atoms. The fourth-order valence-corrected chi connectivity index (χ4v) is 4.68. The quantitative estimate of drug-likeness (QED) is 0.869. The Bertz CT molecular complexity index is 754. The molecule has 1 aromatic rings. The van der Waals surface area contributed by atoms with Gasteiger partial charge in [-0.05, 0) is 43.1 Å². The monoisotopic (exact) mass is 355 g/mol. The number of fused-ring (bicyclic) bond motifs is 1. The van der Waals surface area contributed by atoms with Crippen molar-refractivity contribution in [3.05, 3.63) is 53.0 Å². The number of rotatable bonds is 3. The molecule has 0 amide bonds. The molecule has 4 N–H and O–H groups in total. The molecule has 6 heteroatoms. The Hall–Kier alpha value is -1.76. The third-order valence-electron chi connectivity index (χ3n) is 4.95. The van der Waals surface area contributed by atoms with Crippen molar-refractivity contribution in [3.8, 4) is 0 Å². The van der Waals surface area contributed by atoms with Crippen molar-refractivity contribution in [3.63, 3.8) is 0 Å². The zero-order chi connectivity index (χ0) is 17.4. The molecule has 5 nitrogen and oxygen atoms in total. The zero-order valence-corrected chi connectivity index (χ0v) is 15.4. The van der Waals surface area contributed by atoms with Gasteiger partial charge in [0.25, 0.3) is 0 Å². The Morgan fingerprint density at radius 1 is 1.32 bits per heavy atom. The topological polar surface area (TPSA) is 71.4 Å². The van der Waals surface area contributed by atoms with Crippen LogP contribution in [0.15, 0.2) is 53.0 Å². The maximum atomic E-state index is 6.22. The summed E-state index contributed by atoms with van der Waals surface area (Å²) in [5.74, 6) is 0. The van der Waals surface area contributed by atoms with Crippen LogP contribution in [0.3, 0.4) is 0 Å². The lowest BCUT2D eigenvalue weighted by Gasteiger charge is -2.36. The second-order valence-electron chi connectivity index (χ2n) is 6.78. The van der Waals surface area contributed by atoms with E-state index in [2.05, 4.69) is 46.1 Å². The summed E-state index contributed by atoms with van der Waals surface area (Å²) < 4.78 is 0.